The molecule has 11 heavy (non-hydrogen) atoms. The molecule has 5 heteroatoms. The normalized spacial score (nSPS) is 10.7. The van der Waals surface area contributed by atoms with Crippen molar-refractivity contribution in [2.24, 2.45) is 0 Å². The van der Waals surface area contributed by atoms with Crippen LogP contribution in [0.4, 0.5) is 4.39 Å². The van der Waals surface area contributed by atoms with Crippen molar-refractivity contribution in [3.63, 3.8) is 0 Å². The van der Waals surface area contributed by atoms with E-state index in [9.17, 15) is 4.39 Å². The molecule has 0 unspecified atom stereocenters. The number of pyridine rings is 1. The molecule has 2 rings (SSSR count). The molecule has 0 N–H and O–H groups in total. The van der Waals surface area contributed by atoms with Crippen LogP contribution in [0.15, 0.2) is 23.1 Å². The number of halogens is 2. The highest BCUT2D eigenvalue weighted by Gasteiger charge is 1.99. The van der Waals surface area contributed by atoms with Crippen LogP contribution in [0.3, 0.4) is 0 Å². The summed E-state index contributed by atoms with van der Waals surface area (Å²) in [6, 6.07) is 2.91. The van der Waals surface area contributed by atoms with Crippen LogP contribution in [0.25, 0.3) is 5.65 Å². The standard InChI is InChI=1S/C6H3BrFN3/c7-6-9-5-2-1-4(8)3-11(5)10-6/h1-3H. The maximum atomic E-state index is 12.5. The number of rotatable bonds is 0. The summed E-state index contributed by atoms with van der Waals surface area (Å²) in [5, 5.41) is 3.86. The quantitative estimate of drug-likeness (QED) is 0.669. The molecule has 0 radical (unpaired) electrons. The minimum absolute atomic E-state index is 0.324. The lowest BCUT2D eigenvalue weighted by Crippen LogP contribution is -1.87. The molecular weight excluding hydrogens is 213 g/mol. The third kappa shape index (κ3) is 1.11. The van der Waals surface area contributed by atoms with Gasteiger partial charge in [-0.05, 0) is 28.1 Å². The molecule has 0 fully saturated rings. The zero-order valence-electron chi connectivity index (χ0n) is 5.33. The molecule has 0 atom stereocenters. The Morgan fingerprint density at radius 3 is 3.09 bits per heavy atom. The third-order valence-electron chi connectivity index (χ3n) is 1.27. The van der Waals surface area contributed by atoms with E-state index in [4.69, 9.17) is 0 Å². The minimum atomic E-state index is -0.324. The summed E-state index contributed by atoms with van der Waals surface area (Å²) in [5.74, 6) is -0.324. The van der Waals surface area contributed by atoms with Gasteiger partial charge >= 0.3 is 0 Å². The lowest BCUT2D eigenvalue weighted by molar-refractivity contribution is 0.614. The van der Waals surface area contributed by atoms with Crippen molar-refractivity contribution in [2.45, 2.75) is 0 Å². The van der Waals surface area contributed by atoms with Crippen LogP contribution in [-0.4, -0.2) is 14.6 Å². The lowest BCUT2D eigenvalue weighted by Gasteiger charge is -1.88. The van der Waals surface area contributed by atoms with Gasteiger partial charge in [0.1, 0.15) is 5.82 Å². The van der Waals surface area contributed by atoms with E-state index in [2.05, 4.69) is 26.0 Å². The number of nitrogens with zero attached hydrogens (tertiary/aromatic N) is 3. The molecule has 0 saturated carbocycles. The van der Waals surface area contributed by atoms with Crippen molar-refractivity contribution in [1.82, 2.24) is 14.6 Å². The van der Waals surface area contributed by atoms with Crippen LogP contribution < -0.4 is 0 Å². The second-order valence-electron chi connectivity index (χ2n) is 2.03. The Kier molecular flexibility index (Phi) is 1.38. The maximum absolute atomic E-state index is 12.5. The Morgan fingerprint density at radius 1 is 1.45 bits per heavy atom. The predicted molar refractivity (Wildman–Crippen MR) is 40.6 cm³/mol. The number of hydrogen-bond donors (Lipinski definition) is 0. The Labute approximate surface area is 70.0 Å². The molecule has 0 amide bonds. The highest BCUT2D eigenvalue weighted by atomic mass is 79.9. The van der Waals surface area contributed by atoms with Gasteiger partial charge in [0.15, 0.2) is 5.65 Å². The third-order valence-corrected chi connectivity index (χ3v) is 1.60. The van der Waals surface area contributed by atoms with Crippen molar-refractivity contribution >= 4 is 21.6 Å². The monoisotopic (exact) mass is 215 g/mol. The molecule has 0 aliphatic heterocycles. The first-order valence-corrected chi connectivity index (χ1v) is 3.72. The summed E-state index contributed by atoms with van der Waals surface area (Å²) >= 11 is 3.08. The zero-order chi connectivity index (χ0) is 7.84. The summed E-state index contributed by atoms with van der Waals surface area (Å²) < 4.78 is 14.4. The van der Waals surface area contributed by atoms with E-state index in [1.807, 2.05) is 0 Å². The Balaban J connectivity index is 2.82. The highest BCUT2D eigenvalue weighted by Crippen LogP contribution is 2.06. The van der Waals surface area contributed by atoms with Crippen LogP contribution in [0, 0.1) is 5.82 Å². The van der Waals surface area contributed by atoms with Gasteiger partial charge in [-0.1, -0.05) is 0 Å². The van der Waals surface area contributed by atoms with Crippen LogP contribution in [-0.2, 0) is 0 Å². The van der Waals surface area contributed by atoms with E-state index < -0.39 is 0 Å². The molecular formula is C6H3BrFN3. The van der Waals surface area contributed by atoms with E-state index in [0.29, 0.717) is 10.4 Å². The Hall–Kier alpha value is -0.970. The smallest absolute Gasteiger partial charge is 0.217 e. The predicted octanol–water partition coefficient (Wildman–Crippen LogP) is 1.63. The second kappa shape index (κ2) is 2.27. The van der Waals surface area contributed by atoms with Gasteiger partial charge in [-0.15, -0.1) is 5.10 Å². The van der Waals surface area contributed by atoms with Crippen molar-refractivity contribution in [1.29, 1.82) is 0 Å². The fourth-order valence-corrected chi connectivity index (χ4v) is 1.18. The first-order valence-electron chi connectivity index (χ1n) is 2.93. The van der Waals surface area contributed by atoms with Gasteiger partial charge in [0.25, 0.3) is 0 Å². The van der Waals surface area contributed by atoms with Crippen molar-refractivity contribution in [3.8, 4) is 0 Å². The topological polar surface area (TPSA) is 30.2 Å². The van der Waals surface area contributed by atoms with E-state index in [-0.39, 0.29) is 5.82 Å². The molecule has 0 bridgehead atoms. The molecule has 2 heterocycles. The summed E-state index contributed by atoms with van der Waals surface area (Å²) in [6.07, 6.45) is 1.27. The van der Waals surface area contributed by atoms with E-state index >= 15 is 0 Å². The molecule has 0 aromatic carbocycles. The Bertz CT molecular complexity index is 398. The van der Waals surface area contributed by atoms with E-state index in [0.717, 1.165) is 0 Å². The fourth-order valence-electron chi connectivity index (χ4n) is 0.831. The van der Waals surface area contributed by atoms with Crippen molar-refractivity contribution in [2.75, 3.05) is 0 Å². The van der Waals surface area contributed by atoms with Gasteiger partial charge in [0.2, 0.25) is 4.73 Å². The SMILES string of the molecule is Fc1ccc2nc(Br)nn2c1. The number of aromatic nitrogens is 3. The largest absolute Gasteiger partial charge is 0.218 e. The molecule has 3 nitrogen and oxygen atoms in total. The Morgan fingerprint density at radius 2 is 2.27 bits per heavy atom. The average Bonchev–Trinajstić information content (AvgIpc) is 2.27. The average molecular weight is 216 g/mol. The van der Waals surface area contributed by atoms with Gasteiger partial charge in [0.05, 0.1) is 6.20 Å². The van der Waals surface area contributed by atoms with Gasteiger partial charge < -0.3 is 0 Å². The molecule has 56 valence electrons. The molecule has 0 aliphatic rings. The fraction of sp³-hybridized carbons (Fsp3) is 0. The van der Waals surface area contributed by atoms with Crippen LogP contribution in [0.5, 0.6) is 0 Å². The first-order chi connectivity index (χ1) is 5.25. The highest BCUT2D eigenvalue weighted by molar-refractivity contribution is 9.10. The molecule has 2 aromatic heterocycles. The van der Waals surface area contributed by atoms with Crippen LogP contribution >= 0.6 is 15.9 Å². The van der Waals surface area contributed by atoms with Gasteiger partial charge in [-0.3, -0.25) is 0 Å². The second-order valence-corrected chi connectivity index (χ2v) is 2.74. The van der Waals surface area contributed by atoms with Gasteiger partial charge in [-0.25, -0.2) is 13.9 Å². The molecule has 0 spiro atoms. The molecule has 0 saturated heterocycles. The lowest BCUT2D eigenvalue weighted by atomic mass is 10.5. The maximum Gasteiger partial charge on any atom is 0.218 e. The van der Waals surface area contributed by atoms with Crippen molar-refractivity contribution in [3.05, 3.63) is 28.9 Å². The summed E-state index contributed by atoms with van der Waals surface area (Å²) in [5.41, 5.74) is 0.623. The number of hydrogen-bond acceptors (Lipinski definition) is 2. The number of fused-ring (bicyclic) bond motifs is 1. The zero-order valence-corrected chi connectivity index (χ0v) is 6.92. The van der Waals surface area contributed by atoms with E-state index in [1.54, 1.807) is 6.07 Å². The first kappa shape index (κ1) is 6.72. The summed E-state index contributed by atoms with van der Waals surface area (Å²) in [6.45, 7) is 0. The van der Waals surface area contributed by atoms with Crippen molar-refractivity contribution < 1.29 is 4.39 Å². The van der Waals surface area contributed by atoms with Gasteiger partial charge in [0, 0.05) is 0 Å². The summed E-state index contributed by atoms with van der Waals surface area (Å²) in [4.78, 5) is 3.96. The van der Waals surface area contributed by atoms with Crippen LogP contribution in [0.2, 0.25) is 0 Å². The molecule has 2 aromatic rings. The van der Waals surface area contributed by atoms with Gasteiger partial charge in [-0.2, -0.15) is 0 Å². The van der Waals surface area contributed by atoms with Crippen LogP contribution in [0.1, 0.15) is 0 Å². The molecule has 0 aliphatic carbocycles. The summed E-state index contributed by atoms with van der Waals surface area (Å²) in [7, 11) is 0. The minimum Gasteiger partial charge on any atom is -0.217 e. The van der Waals surface area contributed by atoms with E-state index in [1.165, 1.54) is 16.8 Å².